The number of carbonyl (C=O) groups excluding carboxylic acids is 2. The van der Waals surface area contributed by atoms with E-state index < -0.39 is 5.91 Å². The largest absolute Gasteiger partial charge is 0.495 e. The van der Waals surface area contributed by atoms with Gasteiger partial charge in [0.05, 0.1) is 23.4 Å². The van der Waals surface area contributed by atoms with Gasteiger partial charge in [-0.25, -0.2) is 4.90 Å². The monoisotopic (exact) mass is 438 g/mol. The molecule has 3 aromatic rings. The number of amides is 2. The molecule has 0 fully saturated rings. The number of hydrogen-bond acceptors (Lipinski definition) is 5. The number of hydrogen-bond donors (Lipinski definition) is 1. The van der Waals surface area contributed by atoms with Crippen molar-refractivity contribution >= 4 is 51.7 Å². The summed E-state index contributed by atoms with van der Waals surface area (Å²) in [5.41, 5.74) is 3.65. The Balaban J connectivity index is 1.81. The highest BCUT2D eigenvalue weighted by Gasteiger charge is 2.41. The van der Waals surface area contributed by atoms with Gasteiger partial charge in [0.2, 0.25) is 0 Å². The number of aryl methyl sites for hydroxylation is 1. The Hall–Kier alpha value is -3.09. The number of imide groups is 1. The maximum Gasteiger partial charge on any atom is 0.282 e. The van der Waals surface area contributed by atoms with Crippen molar-refractivity contribution in [3.8, 4) is 5.75 Å². The van der Waals surface area contributed by atoms with Crippen molar-refractivity contribution in [2.75, 3.05) is 17.3 Å². The first kappa shape index (κ1) is 20.2. The van der Waals surface area contributed by atoms with Gasteiger partial charge in [-0.2, -0.15) is 0 Å². The van der Waals surface area contributed by atoms with Crippen LogP contribution in [-0.4, -0.2) is 18.9 Å². The molecule has 2 amide bonds. The zero-order chi connectivity index (χ0) is 21.4. The molecule has 0 radical (unpaired) electrons. The molecule has 4 rings (SSSR count). The molecule has 1 aromatic heterocycles. The van der Waals surface area contributed by atoms with E-state index in [0.717, 1.165) is 16.0 Å². The van der Waals surface area contributed by atoms with Gasteiger partial charge >= 0.3 is 0 Å². The molecular formula is C23H19ClN2O3S. The SMILES string of the molecule is COc1ccc(NC2=C(c3cccs3)C(=O)N(c3cccc(C)c3C)C2=O)cc1Cl. The van der Waals surface area contributed by atoms with Crippen LogP contribution in [0.1, 0.15) is 16.0 Å². The van der Waals surface area contributed by atoms with Gasteiger partial charge in [-0.15, -0.1) is 11.3 Å². The number of benzene rings is 2. The van der Waals surface area contributed by atoms with Crippen molar-refractivity contribution in [3.05, 3.63) is 80.6 Å². The fourth-order valence-corrected chi connectivity index (χ4v) is 4.41. The van der Waals surface area contributed by atoms with E-state index in [9.17, 15) is 9.59 Å². The molecule has 152 valence electrons. The van der Waals surface area contributed by atoms with Crippen molar-refractivity contribution in [1.29, 1.82) is 0 Å². The molecule has 1 aliphatic rings. The second-order valence-electron chi connectivity index (χ2n) is 6.87. The fourth-order valence-electron chi connectivity index (χ4n) is 3.38. The first-order valence-electron chi connectivity index (χ1n) is 9.26. The van der Waals surface area contributed by atoms with E-state index in [0.29, 0.717) is 27.7 Å². The van der Waals surface area contributed by atoms with E-state index in [4.69, 9.17) is 16.3 Å². The minimum absolute atomic E-state index is 0.226. The summed E-state index contributed by atoms with van der Waals surface area (Å²) in [4.78, 5) is 28.8. The average molecular weight is 439 g/mol. The quantitative estimate of drug-likeness (QED) is 0.540. The molecule has 7 heteroatoms. The molecule has 0 aliphatic carbocycles. The lowest BCUT2D eigenvalue weighted by Crippen LogP contribution is -2.33. The number of rotatable bonds is 5. The highest BCUT2D eigenvalue weighted by Crippen LogP contribution is 2.37. The van der Waals surface area contributed by atoms with Crippen LogP contribution in [0.2, 0.25) is 5.02 Å². The Kier molecular flexibility index (Phi) is 5.37. The molecule has 0 spiro atoms. The first-order chi connectivity index (χ1) is 14.4. The van der Waals surface area contributed by atoms with Crippen LogP contribution in [0.4, 0.5) is 11.4 Å². The predicted octanol–water partition coefficient (Wildman–Crippen LogP) is 5.42. The third-order valence-electron chi connectivity index (χ3n) is 5.09. The standard InChI is InChI=1S/C23H19ClN2O3S/c1-13-6-4-7-17(14(13)2)26-22(27)20(19-8-5-11-30-19)21(23(26)28)25-15-9-10-18(29-3)16(24)12-15/h4-12,25H,1-3H3. The van der Waals surface area contributed by atoms with Crippen molar-refractivity contribution in [1.82, 2.24) is 0 Å². The molecular weight excluding hydrogens is 420 g/mol. The highest BCUT2D eigenvalue weighted by atomic mass is 35.5. The molecule has 5 nitrogen and oxygen atoms in total. The number of nitrogens with one attached hydrogen (secondary N) is 1. The van der Waals surface area contributed by atoms with Crippen LogP contribution in [0.25, 0.3) is 5.57 Å². The molecule has 1 N–H and O–H groups in total. The van der Waals surface area contributed by atoms with Gasteiger partial charge in [-0.1, -0.05) is 29.8 Å². The summed E-state index contributed by atoms with van der Waals surface area (Å²) in [6.07, 6.45) is 0. The van der Waals surface area contributed by atoms with Crippen LogP contribution in [0, 0.1) is 13.8 Å². The van der Waals surface area contributed by atoms with Gasteiger partial charge in [0.1, 0.15) is 11.4 Å². The van der Waals surface area contributed by atoms with Crippen molar-refractivity contribution in [3.63, 3.8) is 0 Å². The number of ether oxygens (including phenoxy) is 1. The average Bonchev–Trinajstić information content (AvgIpc) is 3.32. The highest BCUT2D eigenvalue weighted by molar-refractivity contribution is 7.11. The number of methoxy groups -OCH3 is 1. The second-order valence-corrected chi connectivity index (χ2v) is 8.22. The van der Waals surface area contributed by atoms with Gasteiger partial charge in [-0.05, 0) is 60.7 Å². The predicted molar refractivity (Wildman–Crippen MR) is 121 cm³/mol. The van der Waals surface area contributed by atoms with E-state index in [1.165, 1.54) is 23.3 Å². The van der Waals surface area contributed by atoms with Crippen LogP contribution in [0.5, 0.6) is 5.75 Å². The summed E-state index contributed by atoms with van der Waals surface area (Å²) in [7, 11) is 1.53. The third kappa shape index (κ3) is 3.38. The van der Waals surface area contributed by atoms with Gasteiger partial charge in [0.15, 0.2) is 0 Å². The van der Waals surface area contributed by atoms with E-state index in [-0.39, 0.29) is 11.6 Å². The lowest BCUT2D eigenvalue weighted by molar-refractivity contribution is -0.120. The van der Waals surface area contributed by atoms with Gasteiger partial charge in [0, 0.05) is 10.6 Å². The lowest BCUT2D eigenvalue weighted by Gasteiger charge is -2.19. The minimum atomic E-state index is -0.399. The topological polar surface area (TPSA) is 58.6 Å². The maximum absolute atomic E-state index is 13.4. The molecule has 2 heterocycles. The number of thiophene rings is 1. The number of anilines is 2. The summed E-state index contributed by atoms with van der Waals surface area (Å²) >= 11 is 7.65. The van der Waals surface area contributed by atoms with Crippen molar-refractivity contribution in [2.24, 2.45) is 0 Å². The molecule has 2 aromatic carbocycles. The third-order valence-corrected chi connectivity index (χ3v) is 6.27. The van der Waals surface area contributed by atoms with E-state index in [2.05, 4.69) is 5.32 Å². The Bertz CT molecular complexity index is 1190. The molecule has 0 saturated heterocycles. The van der Waals surface area contributed by atoms with Crippen LogP contribution < -0.4 is 15.0 Å². The molecule has 0 bridgehead atoms. The number of nitrogens with zero attached hydrogens (tertiary/aromatic N) is 1. The molecule has 0 saturated carbocycles. The Morgan fingerprint density at radius 1 is 1.03 bits per heavy atom. The van der Waals surface area contributed by atoms with Crippen molar-refractivity contribution in [2.45, 2.75) is 13.8 Å². The van der Waals surface area contributed by atoms with E-state index in [1.807, 2.05) is 43.5 Å². The minimum Gasteiger partial charge on any atom is -0.495 e. The summed E-state index contributed by atoms with van der Waals surface area (Å²) in [6.45, 7) is 3.86. The Morgan fingerprint density at radius 3 is 2.50 bits per heavy atom. The molecule has 0 atom stereocenters. The number of carbonyl (C=O) groups is 2. The zero-order valence-corrected chi connectivity index (χ0v) is 18.2. The van der Waals surface area contributed by atoms with E-state index >= 15 is 0 Å². The number of halogens is 1. The van der Waals surface area contributed by atoms with Crippen LogP contribution in [0.15, 0.2) is 59.6 Å². The fraction of sp³-hybridized carbons (Fsp3) is 0.130. The van der Waals surface area contributed by atoms with Gasteiger partial charge in [0.25, 0.3) is 11.8 Å². The van der Waals surface area contributed by atoms with Crippen LogP contribution in [-0.2, 0) is 9.59 Å². The van der Waals surface area contributed by atoms with Crippen molar-refractivity contribution < 1.29 is 14.3 Å². The first-order valence-corrected chi connectivity index (χ1v) is 10.5. The second kappa shape index (κ2) is 7.97. The Morgan fingerprint density at radius 2 is 1.83 bits per heavy atom. The summed E-state index contributed by atoms with van der Waals surface area (Å²) in [6, 6.07) is 14.4. The molecule has 0 unspecified atom stereocenters. The molecule has 30 heavy (non-hydrogen) atoms. The normalized spacial score (nSPS) is 13.9. The van der Waals surface area contributed by atoms with E-state index in [1.54, 1.807) is 24.3 Å². The van der Waals surface area contributed by atoms with Crippen LogP contribution >= 0.6 is 22.9 Å². The summed E-state index contributed by atoms with van der Waals surface area (Å²) < 4.78 is 5.19. The van der Waals surface area contributed by atoms with Gasteiger partial charge in [-0.3, -0.25) is 9.59 Å². The smallest absolute Gasteiger partial charge is 0.282 e. The molecule has 1 aliphatic heterocycles. The maximum atomic E-state index is 13.4. The Labute approximate surface area is 183 Å². The summed E-state index contributed by atoms with van der Waals surface area (Å²) in [5, 5.41) is 5.40. The zero-order valence-electron chi connectivity index (χ0n) is 16.7. The lowest BCUT2D eigenvalue weighted by atomic mass is 10.1. The van der Waals surface area contributed by atoms with Gasteiger partial charge < -0.3 is 10.1 Å². The summed E-state index contributed by atoms with van der Waals surface area (Å²) in [5.74, 6) is -0.220. The van der Waals surface area contributed by atoms with Crippen LogP contribution in [0.3, 0.4) is 0 Å².